The lowest BCUT2D eigenvalue weighted by molar-refractivity contribution is -0.105. The highest BCUT2D eigenvalue weighted by atomic mass is 19.1. The number of nitrogens with one attached hydrogen (secondary N) is 1. The summed E-state index contributed by atoms with van der Waals surface area (Å²) in [7, 11) is 0. The highest BCUT2D eigenvalue weighted by Crippen LogP contribution is 2.36. The number of carbonyl (C=O) groups excluding carboxylic acids is 1. The second-order valence-corrected chi connectivity index (χ2v) is 6.92. The molecular weight excluding hydrogens is 343 g/mol. The molecule has 1 aliphatic rings. The van der Waals surface area contributed by atoms with E-state index in [4.69, 9.17) is 0 Å². The minimum Gasteiger partial charge on any atom is -0.329 e. The molecule has 3 rings (SSSR count). The van der Waals surface area contributed by atoms with Crippen molar-refractivity contribution in [3.05, 3.63) is 70.4 Å². The van der Waals surface area contributed by atoms with Crippen LogP contribution in [0.1, 0.15) is 56.1 Å². The van der Waals surface area contributed by atoms with E-state index >= 15 is 0 Å². The summed E-state index contributed by atoms with van der Waals surface area (Å²) in [6.07, 6.45) is 7.27. The van der Waals surface area contributed by atoms with Crippen LogP contribution in [-0.4, -0.2) is 6.41 Å². The fourth-order valence-electron chi connectivity index (χ4n) is 3.49. The molecule has 1 aliphatic carbocycles. The SMILES string of the molecule is CCC1CCC(c2ccc(CN=O)cc2)CC1.O=CNc1ccc(F)cc1. The van der Waals surface area contributed by atoms with Crippen molar-refractivity contribution in [1.29, 1.82) is 0 Å². The van der Waals surface area contributed by atoms with Gasteiger partial charge in [0.1, 0.15) is 12.4 Å². The highest BCUT2D eigenvalue weighted by molar-refractivity contribution is 5.70. The molecule has 0 aliphatic heterocycles. The second kappa shape index (κ2) is 11.2. The van der Waals surface area contributed by atoms with E-state index in [-0.39, 0.29) is 5.82 Å². The smallest absolute Gasteiger partial charge is 0.211 e. The Labute approximate surface area is 160 Å². The Bertz CT molecular complexity index is 693. The average Bonchev–Trinajstić information content (AvgIpc) is 2.71. The van der Waals surface area contributed by atoms with E-state index in [2.05, 4.69) is 29.6 Å². The predicted molar refractivity (Wildman–Crippen MR) is 107 cm³/mol. The van der Waals surface area contributed by atoms with Gasteiger partial charge in [-0.05, 0) is 72.9 Å². The van der Waals surface area contributed by atoms with Crippen LogP contribution >= 0.6 is 0 Å². The van der Waals surface area contributed by atoms with Crippen molar-refractivity contribution in [3.63, 3.8) is 0 Å². The van der Waals surface area contributed by atoms with E-state index in [9.17, 15) is 14.1 Å². The third-order valence-corrected chi connectivity index (χ3v) is 5.19. The van der Waals surface area contributed by atoms with Gasteiger partial charge in [-0.25, -0.2) is 4.39 Å². The first-order valence-corrected chi connectivity index (χ1v) is 9.50. The number of carbonyl (C=O) groups is 1. The summed E-state index contributed by atoms with van der Waals surface area (Å²) in [5.74, 6) is 1.37. The van der Waals surface area contributed by atoms with Crippen LogP contribution in [-0.2, 0) is 11.3 Å². The monoisotopic (exact) mass is 370 g/mol. The van der Waals surface area contributed by atoms with E-state index < -0.39 is 0 Å². The molecule has 1 saturated carbocycles. The molecule has 1 amide bonds. The standard InChI is InChI=1S/C15H21NO.C7H6FNO/c1-2-12-3-7-14(8-4-12)15-9-5-13(6-10-15)11-16-17;8-6-1-3-7(4-2-6)9-5-10/h5-6,9-10,12,14H,2-4,7-8,11H2,1H3;1-5H,(H,9,10). The zero-order chi connectivity index (χ0) is 19.5. The maximum Gasteiger partial charge on any atom is 0.211 e. The summed E-state index contributed by atoms with van der Waals surface area (Å²) in [6.45, 7) is 2.59. The van der Waals surface area contributed by atoms with Crippen LogP contribution in [0.2, 0.25) is 0 Å². The molecule has 1 fully saturated rings. The molecule has 0 atom stereocenters. The summed E-state index contributed by atoms with van der Waals surface area (Å²) in [6, 6.07) is 14.0. The second-order valence-electron chi connectivity index (χ2n) is 6.92. The van der Waals surface area contributed by atoms with E-state index in [0.717, 1.165) is 17.4 Å². The van der Waals surface area contributed by atoms with E-state index in [1.807, 2.05) is 12.1 Å². The maximum atomic E-state index is 12.2. The number of nitroso groups, excluding NO2 is 1. The number of hydrogen-bond acceptors (Lipinski definition) is 3. The van der Waals surface area contributed by atoms with Crippen molar-refractivity contribution >= 4 is 12.1 Å². The van der Waals surface area contributed by atoms with Gasteiger partial charge in [0.25, 0.3) is 0 Å². The van der Waals surface area contributed by atoms with Gasteiger partial charge in [-0.3, -0.25) is 4.79 Å². The van der Waals surface area contributed by atoms with Crippen LogP contribution < -0.4 is 5.32 Å². The largest absolute Gasteiger partial charge is 0.329 e. The quantitative estimate of drug-likeness (QED) is 0.498. The number of halogens is 1. The first-order chi connectivity index (χ1) is 13.2. The zero-order valence-electron chi connectivity index (χ0n) is 15.7. The highest BCUT2D eigenvalue weighted by Gasteiger charge is 2.20. The lowest BCUT2D eigenvalue weighted by Gasteiger charge is -2.28. The molecule has 0 spiro atoms. The fourth-order valence-corrected chi connectivity index (χ4v) is 3.49. The molecule has 2 aromatic carbocycles. The normalized spacial score (nSPS) is 18.7. The van der Waals surface area contributed by atoms with Crippen LogP contribution in [0, 0.1) is 16.6 Å². The van der Waals surface area contributed by atoms with Crippen molar-refractivity contribution in [2.75, 3.05) is 5.32 Å². The van der Waals surface area contributed by atoms with Crippen LogP contribution in [0.3, 0.4) is 0 Å². The molecule has 1 N–H and O–H groups in total. The number of anilines is 1. The Morgan fingerprint density at radius 2 is 1.67 bits per heavy atom. The third kappa shape index (κ3) is 6.93. The minimum atomic E-state index is -0.309. The van der Waals surface area contributed by atoms with E-state index in [1.54, 1.807) is 0 Å². The summed E-state index contributed by atoms with van der Waals surface area (Å²) in [4.78, 5) is 20.0. The molecule has 0 unspecified atom stereocenters. The van der Waals surface area contributed by atoms with Crippen molar-refractivity contribution in [2.45, 2.75) is 51.5 Å². The third-order valence-electron chi connectivity index (χ3n) is 5.19. The van der Waals surface area contributed by atoms with Gasteiger partial charge in [-0.2, -0.15) is 4.91 Å². The Morgan fingerprint density at radius 3 is 2.19 bits per heavy atom. The molecule has 0 bridgehead atoms. The topological polar surface area (TPSA) is 58.5 Å². The van der Waals surface area contributed by atoms with E-state index in [0.29, 0.717) is 18.6 Å². The molecule has 4 nitrogen and oxygen atoms in total. The Kier molecular flexibility index (Phi) is 8.62. The number of nitrogens with zero attached hydrogens (tertiary/aromatic N) is 1. The van der Waals surface area contributed by atoms with Gasteiger partial charge >= 0.3 is 0 Å². The van der Waals surface area contributed by atoms with Gasteiger partial charge in [-0.15, -0.1) is 0 Å². The Hall–Kier alpha value is -2.56. The van der Waals surface area contributed by atoms with Crippen molar-refractivity contribution < 1.29 is 9.18 Å². The molecule has 144 valence electrons. The molecule has 2 aromatic rings. The van der Waals surface area contributed by atoms with Crippen LogP contribution in [0.5, 0.6) is 0 Å². The lowest BCUT2D eigenvalue weighted by atomic mass is 9.78. The van der Waals surface area contributed by atoms with Gasteiger partial charge < -0.3 is 5.32 Å². The average molecular weight is 370 g/mol. The minimum absolute atomic E-state index is 0.294. The van der Waals surface area contributed by atoms with Gasteiger partial charge in [0.05, 0.1) is 0 Å². The fraction of sp³-hybridized carbons (Fsp3) is 0.409. The van der Waals surface area contributed by atoms with Crippen molar-refractivity contribution in [2.24, 2.45) is 11.1 Å². The summed E-state index contributed by atoms with van der Waals surface area (Å²) in [5.41, 5.74) is 3.05. The van der Waals surface area contributed by atoms with Gasteiger partial charge in [-0.1, -0.05) is 42.8 Å². The maximum absolute atomic E-state index is 12.2. The molecule has 0 heterocycles. The Balaban J connectivity index is 0.000000223. The summed E-state index contributed by atoms with van der Waals surface area (Å²) in [5, 5.41) is 5.31. The van der Waals surface area contributed by atoms with Gasteiger partial charge in [0.15, 0.2) is 0 Å². The predicted octanol–water partition coefficient (Wildman–Crippen LogP) is 6.03. The first-order valence-electron chi connectivity index (χ1n) is 9.50. The van der Waals surface area contributed by atoms with Crippen LogP contribution in [0.4, 0.5) is 10.1 Å². The van der Waals surface area contributed by atoms with Crippen molar-refractivity contribution in [3.8, 4) is 0 Å². The van der Waals surface area contributed by atoms with Crippen LogP contribution in [0.15, 0.2) is 53.7 Å². The molecule has 0 radical (unpaired) electrons. The molecule has 0 aromatic heterocycles. The molecule has 5 heteroatoms. The summed E-state index contributed by atoms with van der Waals surface area (Å²) >= 11 is 0. The summed E-state index contributed by atoms with van der Waals surface area (Å²) < 4.78 is 12.2. The van der Waals surface area contributed by atoms with Gasteiger partial charge in [0, 0.05) is 5.69 Å². The first kappa shape index (κ1) is 20.7. The Morgan fingerprint density at radius 1 is 1.04 bits per heavy atom. The molecule has 0 saturated heterocycles. The number of benzene rings is 2. The molecule has 27 heavy (non-hydrogen) atoms. The van der Waals surface area contributed by atoms with E-state index in [1.165, 1.54) is 61.9 Å². The number of hydrogen-bond donors (Lipinski definition) is 1. The van der Waals surface area contributed by atoms with Gasteiger partial charge in [0.2, 0.25) is 6.41 Å². The number of amides is 1. The zero-order valence-corrected chi connectivity index (χ0v) is 15.7. The lowest BCUT2D eigenvalue weighted by Crippen LogP contribution is -2.12. The molecular formula is C22H27FN2O2. The number of rotatable bonds is 6. The van der Waals surface area contributed by atoms with Crippen molar-refractivity contribution in [1.82, 2.24) is 0 Å². The van der Waals surface area contributed by atoms with Crippen LogP contribution in [0.25, 0.3) is 0 Å².